The first-order chi connectivity index (χ1) is 12.4. The van der Waals surface area contributed by atoms with Crippen molar-refractivity contribution in [3.63, 3.8) is 0 Å². The summed E-state index contributed by atoms with van der Waals surface area (Å²) in [6.45, 7) is 8.75. The highest BCUT2D eigenvalue weighted by molar-refractivity contribution is 7.88. The van der Waals surface area contributed by atoms with Crippen molar-refractivity contribution in [2.24, 2.45) is 5.92 Å². The van der Waals surface area contributed by atoms with Crippen molar-refractivity contribution < 1.29 is 13.2 Å². The Morgan fingerprint density at radius 2 is 2.00 bits per heavy atom. The van der Waals surface area contributed by atoms with Gasteiger partial charge in [0.1, 0.15) is 5.75 Å². The Morgan fingerprint density at radius 1 is 1.30 bits per heavy atom. The first-order valence-electron chi connectivity index (χ1n) is 9.80. The lowest BCUT2D eigenvalue weighted by atomic mass is 9.96. The molecular formula is C20H33ClN2O3S. The number of hydrogen-bond acceptors (Lipinski definition) is 4. The van der Waals surface area contributed by atoms with Crippen molar-refractivity contribution in [1.29, 1.82) is 0 Å². The van der Waals surface area contributed by atoms with E-state index in [1.807, 2.05) is 0 Å². The Morgan fingerprint density at radius 3 is 2.63 bits per heavy atom. The fraction of sp³-hybridized carbons (Fsp3) is 0.700. The summed E-state index contributed by atoms with van der Waals surface area (Å²) in [5.74, 6) is 1.63. The van der Waals surface area contributed by atoms with Crippen molar-refractivity contribution in [2.75, 3.05) is 39.0 Å². The van der Waals surface area contributed by atoms with Gasteiger partial charge in [0.15, 0.2) is 0 Å². The van der Waals surface area contributed by atoms with Crippen LogP contribution < -0.4 is 4.74 Å². The minimum absolute atomic E-state index is 0. The molecule has 0 aromatic heterocycles. The van der Waals surface area contributed by atoms with Gasteiger partial charge in [-0.05, 0) is 55.8 Å². The summed E-state index contributed by atoms with van der Waals surface area (Å²) in [5.41, 5.74) is 2.72. The highest BCUT2D eigenvalue weighted by Gasteiger charge is 2.27. The Kier molecular flexibility index (Phi) is 7.98. The highest BCUT2D eigenvalue weighted by Crippen LogP contribution is 2.27. The largest absolute Gasteiger partial charge is 0.493 e. The average molecular weight is 417 g/mol. The molecule has 154 valence electrons. The van der Waals surface area contributed by atoms with Gasteiger partial charge < -0.3 is 9.64 Å². The van der Waals surface area contributed by atoms with Crippen LogP contribution in [0.1, 0.15) is 37.8 Å². The molecule has 0 amide bonds. The lowest BCUT2D eigenvalue weighted by molar-refractivity contribution is 0.152. The molecule has 1 atom stereocenters. The van der Waals surface area contributed by atoms with Gasteiger partial charge in [0.25, 0.3) is 0 Å². The summed E-state index contributed by atoms with van der Waals surface area (Å²) < 4.78 is 30.6. The van der Waals surface area contributed by atoms with E-state index in [1.165, 1.54) is 17.4 Å². The van der Waals surface area contributed by atoms with Crippen LogP contribution in [0.15, 0.2) is 18.2 Å². The van der Waals surface area contributed by atoms with Gasteiger partial charge in [-0.1, -0.05) is 19.1 Å². The molecule has 1 aromatic carbocycles. The topological polar surface area (TPSA) is 49.9 Å². The average Bonchev–Trinajstić information content (AvgIpc) is 3.07. The van der Waals surface area contributed by atoms with E-state index in [0.29, 0.717) is 25.0 Å². The maximum atomic E-state index is 11.7. The van der Waals surface area contributed by atoms with Crippen LogP contribution in [-0.4, -0.2) is 62.7 Å². The standard InChI is InChI=1S/C20H32N2O3S.ClH/c1-4-21(15-17-7-10-22(11-8-17)26(3,23)24)16(2)13-18-5-6-20-19(14-18)9-12-25-20;/h5-6,14,16-17H,4,7-13,15H2,1-3H3;1H/t16-;/m0./s1. The summed E-state index contributed by atoms with van der Waals surface area (Å²) in [7, 11) is -3.04. The van der Waals surface area contributed by atoms with Gasteiger partial charge in [0.2, 0.25) is 10.0 Å². The van der Waals surface area contributed by atoms with Crippen LogP contribution in [-0.2, 0) is 22.9 Å². The molecule has 2 aliphatic heterocycles. The number of piperidine rings is 1. The molecule has 2 heterocycles. The molecule has 27 heavy (non-hydrogen) atoms. The van der Waals surface area contributed by atoms with E-state index >= 15 is 0 Å². The number of likely N-dealkylation sites (N-methyl/N-ethyl adjacent to an activating group) is 1. The van der Waals surface area contributed by atoms with E-state index in [9.17, 15) is 8.42 Å². The third-order valence-electron chi connectivity index (χ3n) is 5.85. The van der Waals surface area contributed by atoms with Gasteiger partial charge in [-0.15, -0.1) is 12.4 Å². The predicted molar refractivity (Wildman–Crippen MR) is 112 cm³/mol. The lowest BCUT2D eigenvalue weighted by Crippen LogP contribution is -2.43. The zero-order chi connectivity index (χ0) is 18.7. The molecule has 1 saturated heterocycles. The Balaban J connectivity index is 0.00000261. The summed E-state index contributed by atoms with van der Waals surface area (Å²) >= 11 is 0. The number of nitrogens with zero attached hydrogens (tertiary/aromatic N) is 2. The van der Waals surface area contributed by atoms with Crippen molar-refractivity contribution in [3.8, 4) is 5.75 Å². The van der Waals surface area contributed by atoms with Gasteiger partial charge in [-0.25, -0.2) is 12.7 Å². The van der Waals surface area contributed by atoms with Gasteiger partial charge in [-0.3, -0.25) is 0 Å². The third-order valence-corrected chi connectivity index (χ3v) is 7.15. The summed E-state index contributed by atoms with van der Waals surface area (Å²) in [6.07, 6.45) is 5.31. The normalized spacial score (nSPS) is 19.4. The molecule has 0 bridgehead atoms. The monoisotopic (exact) mass is 416 g/mol. The smallest absolute Gasteiger partial charge is 0.211 e. The fourth-order valence-electron chi connectivity index (χ4n) is 4.21. The molecule has 0 spiro atoms. The molecule has 5 nitrogen and oxygen atoms in total. The number of rotatable bonds is 7. The molecule has 0 aliphatic carbocycles. The molecule has 7 heteroatoms. The number of sulfonamides is 1. The van der Waals surface area contributed by atoms with E-state index in [0.717, 1.165) is 51.1 Å². The number of benzene rings is 1. The number of hydrogen-bond donors (Lipinski definition) is 0. The fourth-order valence-corrected chi connectivity index (χ4v) is 5.09. The highest BCUT2D eigenvalue weighted by atomic mass is 35.5. The first kappa shape index (κ1) is 22.5. The van der Waals surface area contributed by atoms with Crippen LogP contribution in [0.5, 0.6) is 5.75 Å². The summed E-state index contributed by atoms with van der Waals surface area (Å²) in [5, 5.41) is 0. The van der Waals surface area contributed by atoms with Gasteiger partial charge in [0, 0.05) is 32.1 Å². The quantitative estimate of drug-likeness (QED) is 0.685. The van der Waals surface area contributed by atoms with Crippen LogP contribution in [0.25, 0.3) is 0 Å². The van der Waals surface area contributed by atoms with Crippen molar-refractivity contribution in [3.05, 3.63) is 29.3 Å². The van der Waals surface area contributed by atoms with Gasteiger partial charge in [0.05, 0.1) is 12.9 Å². The second-order valence-corrected chi connectivity index (χ2v) is 9.77. The minimum atomic E-state index is -3.04. The Hall–Kier alpha value is -0.820. The van der Waals surface area contributed by atoms with Crippen molar-refractivity contribution in [1.82, 2.24) is 9.21 Å². The summed E-state index contributed by atoms with van der Waals surface area (Å²) in [4.78, 5) is 2.55. The maximum Gasteiger partial charge on any atom is 0.211 e. The molecule has 1 aromatic rings. The Bertz CT molecular complexity index is 718. The summed E-state index contributed by atoms with van der Waals surface area (Å²) in [6, 6.07) is 7.09. The second-order valence-electron chi connectivity index (χ2n) is 7.79. The number of ether oxygens (including phenoxy) is 1. The van der Waals surface area contributed by atoms with E-state index in [-0.39, 0.29) is 12.4 Å². The SMILES string of the molecule is CCN(CC1CCN(S(C)(=O)=O)CC1)[C@@H](C)Cc1ccc2c(c1)CCO2.Cl. The number of halogens is 1. The third kappa shape index (κ3) is 5.83. The maximum absolute atomic E-state index is 11.7. The van der Waals surface area contributed by atoms with E-state index in [2.05, 4.69) is 36.9 Å². The van der Waals surface area contributed by atoms with Crippen LogP contribution in [0.2, 0.25) is 0 Å². The van der Waals surface area contributed by atoms with Gasteiger partial charge >= 0.3 is 0 Å². The van der Waals surface area contributed by atoms with E-state index in [1.54, 1.807) is 4.31 Å². The van der Waals surface area contributed by atoms with E-state index < -0.39 is 10.0 Å². The second kappa shape index (κ2) is 9.59. The minimum Gasteiger partial charge on any atom is -0.493 e. The van der Waals surface area contributed by atoms with Crippen molar-refractivity contribution in [2.45, 2.75) is 45.6 Å². The predicted octanol–water partition coefficient (Wildman–Crippen LogP) is 2.97. The van der Waals surface area contributed by atoms with Crippen LogP contribution in [0.3, 0.4) is 0 Å². The van der Waals surface area contributed by atoms with Gasteiger partial charge in [-0.2, -0.15) is 0 Å². The first-order valence-corrected chi connectivity index (χ1v) is 11.7. The Labute approximate surface area is 170 Å². The zero-order valence-electron chi connectivity index (χ0n) is 16.7. The molecule has 3 rings (SSSR count). The van der Waals surface area contributed by atoms with Crippen LogP contribution in [0.4, 0.5) is 0 Å². The molecule has 0 N–H and O–H groups in total. The van der Waals surface area contributed by atoms with Crippen LogP contribution >= 0.6 is 12.4 Å². The molecule has 0 saturated carbocycles. The lowest BCUT2D eigenvalue weighted by Gasteiger charge is -2.36. The molecule has 0 radical (unpaired) electrons. The zero-order valence-corrected chi connectivity index (χ0v) is 18.3. The molecular weight excluding hydrogens is 384 g/mol. The van der Waals surface area contributed by atoms with E-state index in [4.69, 9.17) is 4.74 Å². The molecule has 2 aliphatic rings. The van der Waals surface area contributed by atoms with Crippen LogP contribution in [0, 0.1) is 5.92 Å². The van der Waals surface area contributed by atoms with Crippen molar-refractivity contribution >= 4 is 22.4 Å². The number of fused-ring (bicyclic) bond motifs is 1. The molecule has 1 fully saturated rings. The molecule has 0 unspecified atom stereocenters.